The van der Waals surface area contributed by atoms with E-state index in [2.05, 4.69) is 15.5 Å². The van der Waals surface area contributed by atoms with Crippen LogP contribution in [0.1, 0.15) is 18.1 Å². The van der Waals surface area contributed by atoms with E-state index in [0.29, 0.717) is 5.89 Å². The van der Waals surface area contributed by atoms with Gasteiger partial charge in [0.15, 0.2) is 0 Å². The lowest BCUT2D eigenvalue weighted by Gasteiger charge is -2.00. The first-order chi connectivity index (χ1) is 8.06. The molecule has 2 rings (SSSR count). The summed E-state index contributed by atoms with van der Waals surface area (Å²) in [6.07, 6.45) is 0. The van der Waals surface area contributed by atoms with Gasteiger partial charge in [0.05, 0.1) is 0 Å². The van der Waals surface area contributed by atoms with Gasteiger partial charge in [-0.2, -0.15) is 0 Å². The molecule has 0 aliphatic rings. The van der Waals surface area contributed by atoms with Gasteiger partial charge in [0, 0.05) is 12.5 Å². The van der Waals surface area contributed by atoms with Crippen molar-refractivity contribution in [1.82, 2.24) is 10.2 Å². The highest BCUT2D eigenvalue weighted by Crippen LogP contribution is 2.22. The number of anilines is 1. The minimum Gasteiger partial charge on any atom is -0.403 e. The predicted molar refractivity (Wildman–Crippen MR) is 63.5 cm³/mol. The fourth-order valence-electron chi connectivity index (χ4n) is 1.42. The van der Waals surface area contributed by atoms with Gasteiger partial charge in [-0.3, -0.25) is 10.1 Å². The number of benzene rings is 1. The van der Waals surface area contributed by atoms with Crippen LogP contribution < -0.4 is 5.32 Å². The molecule has 0 aliphatic heterocycles. The van der Waals surface area contributed by atoms with Crippen LogP contribution >= 0.6 is 0 Å². The second kappa shape index (κ2) is 4.37. The maximum atomic E-state index is 10.8. The van der Waals surface area contributed by atoms with Crippen molar-refractivity contribution in [3.05, 3.63) is 29.3 Å². The van der Waals surface area contributed by atoms with Gasteiger partial charge in [-0.15, -0.1) is 5.10 Å². The molecule has 2 aromatic rings. The summed E-state index contributed by atoms with van der Waals surface area (Å²) in [6.45, 7) is 5.44. The Morgan fingerprint density at radius 3 is 2.65 bits per heavy atom. The summed E-state index contributed by atoms with van der Waals surface area (Å²) >= 11 is 0. The number of carbonyl (C=O) groups excluding carboxylic acids is 1. The summed E-state index contributed by atoms with van der Waals surface area (Å²) in [5, 5.41) is 10.1. The molecule has 1 aromatic carbocycles. The summed E-state index contributed by atoms with van der Waals surface area (Å²) in [4.78, 5) is 10.8. The van der Waals surface area contributed by atoms with E-state index in [1.54, 1.807) is 0 Å². The number of amides is 1. The number of nitrogens with zero attached hydrogens (tertiary/aromatic N) is 2. The Hall–Kier alpha value is -2.17. The van der Waals surface area contributed by atoms with Crippen LogP contribution in [0.5, 0.6) is 0 Å². The van der Waals surface area contributed by atoms with Gasteiger partial charge in [-0.1, -0.05) is 11.2 Å². The highest BCUT2D eigenvalue weighted by Gasteiger charge is 2.09. The molecule has 0 saturated heterocycles. The fraction of sp³-hybridized carbons (Fsp3) is 0.250. The average molecular weight is 231 g/mol. The maximum absolute atomic E-state index is 10.8. The third-order valence-corrected chi connectivity index (χ3v) is 2.46. The molecule has 1 heterocycles. The first kappa shape index (κ1) is 11.3. The third-order valence-electron chi connectivity index (χ3n) is 2.46. The molecule has 0 bridgehead atoms. The van der Waals surface area contributed by atoms with Gasteiger partial charge >= 0.3 is 6.01 Å². The van der Waals surface area contributed by atoms with Crippen molar-refractivity contribution in [3.8, 4) is 11.5 Å². The van der Waals surface area contributed by atoms with Crippen molar-refractivity contribution in [2.75, 3.05) is 5.32 Å². The first-order valence-electron chi connectivity index (χ1n) is 5.25. The van der Waals surface area contributed by atoms with Crippen molar-refractivity contribution in [2.24, 2.45) is 0 Å². The van der Waals surface area contributed by atoms with Gasteiger partial charge < -0.3 is 4.42 Å². The minimum absolute atomic E-state index is 0.116. The summed E-state index contributed by atoms with van der Waals surface area (Å²) < 4.78 is 5.32. The summed E-state index contributed by atoms with van der Waals surface area (Å²) in [5.41, 5.74) is 3.20. The predicted octanol–water partition coefficient (Wildman–Crippen LogP) is 2.31. The summed E-state index contributed by atoms with van der Waals surface area (Å²) in [6, 6.07) is 5.99. The molecule has 88 valence electrons. The number of nitrogens with one attached hydrogen (secondary N) is 1. The van der Waals surface area contributed by atoms with Crippen LogP contribution in [0.15, 0.2) is 22.6 Å². The van der Waals surface area contributed by atoms with E-state index in [0.717, 1.165) is 11.1 Å². The molecule has 1 amide bonds. The van der Waals surface area contributed by atoms with Gasteiger partial charge in [-0.25, -0.2) is 0 Å². The van der Waals surface area contributed by atoms with E-state index >= 15 is 0 Å². The fourth-order valence-corrected chi connectivity index (χ4v) is 1.42. The van der Waals surface area contributed by atoms with Gasteiger partial charge in [0.2, 0.25) is 11.8 Å². The second-order valence-corrected chi connectivity index (χ2v) is 3.89. The van der Waals surface area contributed by atoms with Gasteiger partial charge in [0.1, 0.15) is 0 Å². The van der Waals surface area contributed by atoms with E-state index in [9.17, 15) is 4.79 Å². The molecule has 0 aliphatic carbocycles. The van der Waals surface area contributed by atoms with Crippen molar-refractivity contribution in [2.45, 2.75) is 20.8 Å². The Bertz CT molecular complexity index is 561. The van der Waals surface area contributed by atoms with Gasteiger partial charge in [-0.05, 0) is 37.1 Å². The minimum atomic E-state index is -0.236. The van der Waals surface area contributed by atoms with Crippen molar-refractivity contribution >= 4 is 11.9 Å². The lowest BCUT2D eigenvalue weighted by atomic mass is 10.1. The number of aromatic nitrogens is 2. The zero-order chi connectivity index (χ0) is 12.4. The number of hydrogen-bond donors (Lipinski definition) is 1. The average Bonchev–Trinajstić information content (AvgIpc) is 2.69. The third kappa shape index (κ3) is 2.50. The Labute approximate surface area is 98.9 Å². The zero-order valence-electron chi connectivity index (χ0n) is 9.94. The zero-order valence-corrected chi connectivity index (χ0v) is 9.94. The van der Waals surface area contributed by atoms with Crippen LogP contribution in [0, 0.1) is 13.8 Å². The highest BCUT2D eigenvalue weighted by atomic mass is 16.4. The van der Waals surface area contributed by atoms with Gasteiger partial charge in [0.25, 0.3) is 0 Å². The number of carbonyl (C=O) groups is 1. The Balaban J connectivity index is 2.30. The number of rotatable bonds is 2. The maximum Gasteiger partial charge on any atom is 0.322 e. The number of hydrogen-bond acceptors (Lipinski definition) is 4. The smallest absolute Gasteiger partial charge is 0.322 e. The van der Waals surface area contributed by atoms with Crippen molar-refractivity contribution in [3.63, 3.8) is 0 Å². The molecule has 0 saturated carbocycles. The van der Waals surface area contributed by atoms with Crippen molar-refractivity contribution in [1.29, 1.82) is 0 Å². The molecular formula is C12H13N3O2. The lowest BCUT2D eigenvalue weighted by Crippen LogP contribution is -2.05. The quantitative estimate of drug-likeness (QED) is 0.861. The molecule has 5 heteroatoms. The summed E-state index contributed by atoms with van der Waals surface area (Å²) in [5.74, 6) is 0.164. The Morgan fingerprint density at radius 2 is 2.00 bits per heavy atom. The van der Waals surface area contributed by atoms with Crippen LogP contribution in [0.3, 0.4) is 0 Å². The SMILES string of the molecule is CC(=O)Nc1nnc(-c2ccc(C)c(C)c2)o1. The van der Waals surface area contributed by atoms with Crippen LogP contribution in [-0.2, 0) is 4.79 Å². The van der Waals surface area contributed by atoms with Crippen molar-refractivity contribution < 1.29 is 9.21 Å². The molecule has 1 N–H and O–H groups in total. The largest absolute Gasteiger partial charge is 0.403 e. The molecule has 0 unspecified atom stereocenters. The Morgan fingerprint density at radius 1 is 1.24 bits per heavy atom. The number of aryl methyl sites for hydroxylation is 2. The molecule has 1 aromatic heterocycles. The topological polar surface area (TPSA) is 68.0 Å². The van der Waals surface area contributed by atoms with Crippen LogP contribution in [0.25, 0.3) is 11.5 Å². The molecule has 0 radical (unpaired) electrons. The second-order valence-electron chi connectivity index (χ2n) is 3.89. The van der Waals surface area contributed by atoms with Crippen LogP contribution in [-0.4, -0.2) is 16.1 Å². The standard InChI is InChI=1S/C12H13N3O2/c1-7-4-5-10(6-8(7)2)11-14-15-12(17-11)13-9(3)16/h4-6H,1-3H3,(H,13,15,16). The normalized spacial score (nSPS) is 10.3. The lowest BCUT2D eigenvalue weighted by molar-refractivity contribution is -0.114. The van der Waals surface area contributed by atoms with Crippen LogP contribution in [0.2, 0.25) is 0 Å². The molecule has 17 heavy (non-hydrogen) atoms. The molecule has 0 spiro atoms. The monoisotopic (exact) mass is 231 g/mol. The van der Waals surface area contributed by atoms with E-state index in [1.807, 2.05) is 32.0 Å². The van der Waals surface area contributed by atoms with E-state index in [-0.39, 0.29) is 11.9 Å². The molecular weight excluding hydrogens is 218 g/mol. The first-order valence-corrected chi connectivity index (χ1v) is 5.25. The van der Waals surface area contributed by atoms with E-state index in [4.69, 9.17) is 4.42 Å². The molecule has 0 fully saturated rings. The Kier molecular flexibility index (Phi) is 2.91. The highest BCUT2D eigenvalue weighted by molar-refractivity contribution is 5.86. The summed E-state index contributed by atoms with van der Waals surface area (Å²) in [7, 11) is 0. The molecule has 5 nitrogen and oxygen atoms in total. The van der Waals surface area contributed by atoms with Crippen LogP contribution in [0.4, 0.5) is 6.01 Å². The van der Waals surface area contributed by atoms with E-state index in [1.165, 1.54) is 12.5 Å². The van der Waals surface area contributed by atoms with E-state index < -0.39 is 0 Å². The molecule has 0 atom stereocenters.